The summed E-state index contributed by atoms with van der Waals surface area (Å²) in [6.07, 6.45) is 0. The maximum atomic E-state index is 13.6. The van der Waals surface area contributed by atoms with Crippen molar-refractivity contribution in [3.05, 3.63) is 24.0 Å². The fourth-order valence-electron chi connectivity index (χ4n) is 1.40. The van der Waals surface area contributed by atoms with Gasteiger partial charge in [0.2, 0.25) is 0 Å². The number of nitrogens with zero attached hydrogens (tertiary/aromatic N) is 1. The molecule has 1 aromatic carbocycles. The molecule has 2 N–H and O–H groups in total. The lowest BCUT2D eigenvalue weighted by Gasteiger charge is -2.21. The number of carbonyl (C=O) groups excluding carboxylic acids is 1. The number of rotatable bonds is 5. The van der Waals surface area contributed by atoms with Gasteiger partial charge in [0.15, 0.2) is 11.6 Å². The number of carboxylic acids is 1. The summed E-state index contributed by atoms with van der Waals surface area (Å²) in [4.78, 5) is 23.6. The monoisotopic (exact) mass is 284 g/mol. The second kappa shape index (κ2) is 6.74. The third-order valence-corrected chi connectivity index (χ3v) is 2.74. The predicted octanol–water partition coefficient (Wildman–Crippen LogP) is 2.16. The van der Waals surface area contributed by atoms with Crippen molar-refractivity contribution in [3.63, 3.8) is 0 Å². The fourth-order valence-corrected chi connectivity index (χ4v) is 1.40. The molecule has 110 valence electrons. The van der Waals surface area contributed by atoms with E-state index >= 15 is 0 Å². The van der Waals surface area contributed by atoms with E-state index in [1.165, 1.54) is 26.1 Å². The normalized spacial score (nSPS) is 11.6. The number of benzene rings is 1. The molecule has 0 aliphatic rings. The Morgan fingerprint density at radius 3 is 2.65 bits per heavy atom. The fraction of sp³-hybridized carbons (Fsp3) is 0.385. The van der Waals surface area contributed by atoms with E-state index in [9.17, 15) is 14.0 Å². The van der Waals surface area contributed by atoms with Crippen molar-refractivity contribution in [1.82, 2.24) is 4.90 Å². The van der Waals surface area contributed by atoms with Gasteiger partial charge >= 0.3 is 12.0 Å². The van der Waals surface area contributed by atoms with Crippen molar-refractivity contribution < 1.29 is 23.8 Å². The number of urea groups is 1. The van der Waals surface area contributed by atoms with E-state index in [-0.39, 0.29) is 11.4 Å². The Bertz CT molecular complexity index is 507. The van der Waals surface area contributed by atoms with Crippen LogP contribution in [0, 0.1) is 5.82 Å². The van der Waals surface area contributed by atoms with E-state index in [1.807, 2.05) is 0 Å². The molecule has 6 nitrogen and oxygen atoms in total. The van der Waals surface area contributed by atoms with Crippen LogP contribution in [0.25, 0.3) is 0 Å². The zero-order valence-electron chi connectivity index (χ0n) is 11.5. The van der Waals surface area contributed by atoms with E-state index in [0.29, 0.717) is 6.61 Å². The minimum absolute atomic E-state index is 0.0951. The second-order valence-corrected chi connectivity index (χ2v) is 4.13. The summed E-state index contributed by atoms with van der Waals surface area (Å²) in [5.74, 6) is -1.63. The Morgan fingerprint density at radius 1 is 1.50 bits per heavy atom. The van der Waals surface area contributed by atoms with Crippen LogP contribution in [-0.4, -0.2) is 41.7 Å². The predicted molar refractivity (Wildman–Crippen MR) is 71.4 cm³/mol. The number of ether oxygens (including phenoxy) is 1. The molecule has 0 bridgehead atoms. The third kappa shape index (κ3) is 3.84. The number of amides is 2. The number of hydrogen-bond donors (Lipinski definition) is 2. The van der Waals surface area contributed by atoms with Crippen molar-refractivity contribution in [2.45, 2.75) is 19.9 Å². The number of carboxylic acid groups (broad SMARTS) is 1. The largest absolute Gasteiger partial charge is 0.491 e. The van der Waals surface area contributed by atoms with Crippen LogP contribution in [0.15, 0.2) is 18.2 Å². The smallest absolute Gasteiger partial charge is 0.326 e. The molecular formula is C13H17FN2O4. The Balaban J connectivity index is 2.76. The van der Waals surface area contributed by atoms with Gasteiger partial charge in [0, 0.05) is 18.8 Å². The summed E-state index contributed by atoms with van der Waals surface area (Å²) in [5.41, 5.74) is 0.223. The molecule has 0 fully saturated rings. The van der Waals surface area contributed by atoms with E-state index in [4.69, 9.17) is 9.84 Å². The lowest BCUT2D eigenvalue weighted by Crippen LogP contribution is -2.42. The number of halogens is 1. The van der Waals surface area contributed by atoms with Gasteiger partial charge < -0.3 is 20.1 Å². The third-order valence-electron chi connectivity index (χ3n) is 2.74. The molecule has 2 amide bonds. The number of anilines is 1. The van der Waals surface area contributed by atoms with Gasteiger partial charge in [0.05, 0.1) is 6.61 Å². The number of aliphatic carboxylic acids is 1. The molecule has 20 heavy (non-hydrogen) atoms. The van der Waals surface area contributed by atoms with Crippen molar-refractivity contribution in [2.24, 2.45) is 0 Å². The first-order chi connectivity index (χ1) is 9.36. The molecule has 0 heterocycles. The van der Waals surface area contributed by atoms with E-state index in [1.54, 1.807) is 6.92 Å². The molecule has 0 radical (unpaired) electrons. The standard InChI is InChI=1S/C13H17FN2O4/c1-4-20-11-6-5-9(7-10(11)14)15-13(19)16(3)8(2)12(17)18/h5-8H,4H2,1-3H3,(H,15,19)(H,17,18). The summed E-state index contributed by atoms with van der Waals surface area (Å²) in [6.45, 7) is 3.44. The highest BCUT2D eigenvalue weighted by atomic mass is 19.1. The Kier molecular flexibility index (Phi) is 5.31. The molecule has 0 saturated heterocycles. The van der Waals surface area contributed by atoms with Gasteiger partial charge in [-0.1, -0.05) is 0 Å². The SMILES string of the molecule is CCOc1ccc(NC(=O)N(C)C(C)C(=O)O)cc1F. The quantitative estimate of drug-likeness (QED) is 0.868. The van der Waals surface area contributed by atoms with Crippen molar-refractivity contribution in [2.75, 3.05) is 19.0 Å². The average molecular weight is 284 g/mol. The summed E-state index contributed by atoms with van der Waals surface area (Å²) in [6, 6.07) is 2.37. The molecule has 1 atom stereocenters. The highest BCUT2D eigenvalue weighted by Gasteiger charge is 2.21. The Labute approximate surface area is 116 Å². The molecule has 0 aromatic heterocycles. The lowest BCUT2D eigenvalue weighted by atomic mass is 10.3. The van der Waals surface area contributed by atoms with Crippen LogP contribution in [0.5, 0.6) is 5.75 Å². The van der Waals surface area contributed by atoms with Gasteiger partial charge in [-0.25, -0.2) is 14.0 Å². The first-order valence-corrected chi connectivity index (χ1v) is 6.05. The maximum absolute atomic E-state index is 13.6. The van der Waals surface area contributed by atoms with Crippen LogP contribution in [0.4, 0.5) is 14.9 Å². The van der Waals surface area contributed by atoms with Crippen LogP contribution in [0.2, 0.25) is 0 Å². The first kappa shape index (κ1) is 15.7. The maximum Gasteiger partial charge on any atom is 0.326 e. The number of hydrogen-bond acceptors (Lipinski definition) is 3. The lowest BCUT2D eigenvalue weighted by molar-refractivity contribution is -0.141. The van der Waals surface area contributed by atoms with Crippen LogP contribution >= 0.6 is 0 Å². The van der Waals surface area contributed by atoms with Crippen molar-refractivity contribution in [1.29, 1.82) is 0 Å². The molecule has 0 saturated carbocycles. The van der Waals surface area contributed by atoms with Gasteiger partial charge in [0.1, 0.15) is 6.04 Å². The second-order valence-electron chi connectivity index (χ2n) is 4.13. The van der Waals surface area contributed by atoms with Gasteiger partial charge in [-0.3, -0.25) is 0 Å². The molecular weight excluding hydrogens is 267 g/mol. The van der Waals surface area contributed by atoms with E-state index in [2.05, 4.69) is 5.32 Å². The summed E-state index contributed by atoms with van der Waals surface area (Å²) in [7, 11) is 1.35. The van der Waals surface area contributed by atoms with Crippen molar-refractivity contribution in [3.8, 4) is 5.75 Å². The van der Waals surface area contributed by atoms with Crippen LogP contribution in [0.1, 0.15) is 13.8 Å². The topological polar surface area (TPSA) is 78.9 Å². The minimum Gasteiger partial charge on any atom is -0.491 e. The molecule has 1 rings (SSSR count). The molecule has 7 heteroatoms. The molecule has 1 unspecified atom stereocenters. The summed E-state index contributed by atoms with van der Waals surface area (Å²) < 4.78 is 18.6. The number of carbonyl (C=O) groups is 2. The Hall–Kier alpha value is -2.31. The summed E-state index contributed by atoms with van der Waals surface area (Å²) >= 11 is 0. The van der Waals surface area contributed by atoms with Gasteiger partial charge in [-0.05, 0) is 26.0 Å². The molecule has 1 aromatic rings. The van der Waals surface area contributed by atoms with Gasteiger partial charge in [-0.2, -0.15) is 0 Å². The molecule has 0 aliphatic heterocycles. The van der Waals surface area contributed by atoms with Crippen LogP contribution < -0.4 is 10.1 Å². The zero-order valence-corrected chi connectivity index (χ0v) is 11.5. The van der Waals surface area contributed by atoms with E-state index in [0.717, 1.165) is 11.0 Å². The minimum atomic E-state index is -1.12. The number of likely N-dealkylation sites (N-methyl/N-ethyl adjacent to an activating group) is 1. The summed E-state index contributed by atoms with van der Waals surface area (Å²) in [5, 5.41) is 11.2. The Morgan fingerprint density at radius 2 is 2.15 bits per heavy atom. The van der Waals surface area contributed by atoms with E-state index < -0.39 is 23.9 Å². The highest BCUT2D eigenvalue weighted by Crippen LogP contribution is 2.21. The van der Waals surface area contributed by atoms with Crippen LogP contribution in [0.3, 0.4) is 0 Å². The first-order valence-electron chi connectivity index (χ1n) is 6.05. The molecule has 0 aliphatic carbocycles. The average Bonchev–Trinajstić information content (AvgIpc) is 2.40. The van der Waals surface area contributed by atoms with Gasteiger partial charge in [-0.15, -0.1) is 0 Å². The number of nitrogens with one attached hydrogen (secondary N) is 1. The van der Waals surface area contributed by atoms with Crippen LogP contribution in [-0.2, 0) is 4.79 Å². The zero-order chi connectivity index (χ0) is 15.3. The highest BCUT2D eigenvalue weighted by molar-refractivity contribution is 5.92. The van der Waals surface area contributed by atoms with Gasteiger partial charge in [0.25, 0.3) is 0 Å². The molecule has 0 spiro atoms. The van der Waals surface area contributed by atoms with Crippen molar-refractivity contribution >= 4 is 17.7 Å².